The highest BCUT2D eigenvalue weighted by atomic mass is 32.2. The first-order valence-corrected chi connectivity index (χ1v) is 9.74. The van der Waals surface area contributed by atoms with Gasteiger partial charge in [0.05, 0.1) is 11.9 Å². The summed E-state index contributed by atoms with van der Waals surface area (Å²) in [6, 6.07) is 10.2. The number of rotatable bonds is 4. The second-order valence-corrected chi connectivity index (χ2v) is 8.68. The minimum atomic E-state index is 0.284. The van der Waals surface area contributed by atoms with E-state index < -0.39 is 0 Å². The highest BCUT2D eigenvalue weighted by Gasteiger charge is 2.28. The van der Waals surface area contributed by atoms with Crippen LogP contribution in [0.5, 0.6) is 0 Å². The van der Waals surface area contributed by atoms with Crippen molar-refractivity contribution in [3.8, 4) is 5.69 Å². The van der Waals surface area contributed by atoms with Crippen molar-refractivity contribution in [1.82, 2.24) is 20.0 Å². The Morgan fingerprint density at radius 2 is 2.12 bits per heavy atom. The molecule has 0 atom stereocenters. The second-order valence-electron chi connectivity index (χ2n) is 6.88. The number of aliphatic imine (C=N–C) groups is 1. The molecule has 0 unspecified atom stereocenters. The summed E-state index contributed by atoms with van der Waals surface area (Å²) in [5.74, 6) is 2.15. The van der Waals surface area contributed by atoms with Crippen molar-refractivity contribution in [3.63, 3.8) is 0 Å². The van der Waals surface area contributed by atoms with Gasteiger partial charge < -0.3 is 10.2 Å². The fraction of sp³-hybridized carbons (Fsp3) is 0.474. The Labute approximate surface area is 154 Å². The third-order valence-electron chi connectivity index (χ3n) is 4.29. The number of thioether (sulfide) groups is 1. The summed E-state index contributed by atoms with van der Waals surface area (Å²) in [6.07, 6.45) is 4.97. The number of guanidine groups is 1. The van der Waals surface area contributed by atoms with E-state index in [1.807, 2.05) is 47.9 Å². The molecular weight excluding hydrogens is 330 g/mol. The lowest BCUT2D eigenvalue weighted by atomic mass is 10.2. The molecule has 0 aliphatic carbocycles. The van der Waals surface area contributed by atoms with Crippen LogP contribution in [0, 0.1) is 0 Å². The van der Waals surface area contributed by atoms with Crippen molar-refractivity contribution in [2.75, 3.05) is 32.4 Å². The van der Waals surface area contributed by atoms with Gasteiger partial charge in [-0.15, -0.1) is 0 Å². The first-order chi connectivity index (χ1) is 12.1. The van der Waals surface area contributed by atoms with Gasteiger partial charge in [0.15, 0.2) is 5.96 Å². The molecule has 5 nitrogen and oxygen atoms in total. The van der Waals surface area contributed by atoms with Gasteiger partial charge in [-0.25, -0.2) is 4.68 Å². The van der Waals surface area contributed by atoms with Gasteiger partial charge in [-0.2, -0.15) is 16.9 Å². The molecule has 1 N–H and O–H groups in total. The van der Waals surface area contributed by atoms with E-state index in [2.05, 4.69) is 52.5 Å². The molecule has 0 spiro atoms. The van der Waals surface area contributed by atoms with E-state index in [0.29, 0.717) is 0 Å². The molecule has 0 saturated carbocycles. The molecule has 134 valence electrons. The molecular formula is C19H27N5S. The first kappa shape index (κ1) is 17.9. The predicted octanol–water partition coefficient (Wildman–Crippen LogP) is 2.82. The van der Waals surface area contributed by atoms with Crippen molar-refractivity contribution in [1.29, 1.82) is 0 Å². The number of nitrogens with zero attached hydrogens (tertiary/aromatic N) is 4. The van der Waals surface area contributed by atoms with E-state index >= 15 is 0 Å². The lowest BCUT2D eigenvalue weighted by molar-refractivity contribution is 0.376. The van der Waals surface area contributed by atoms with Gasteiger partial charge in [0.2, 0.25) is 0 Å². The summed E-state index contributed by atoms with van der Waals surface area (Å²) in [6.45, 7) is 7.55. The zero-order valence-electron chi connectivity index (χ0n) is 15.3. The van der Waals surface area contributed by atoms with Crippen LogP contribution in [0.25, 0.3) is 5.69 Å². The lowest BCUT2D eigenvalue weighted by Gasteiger charge is -2.39. The fourth-order valence-corrected chi connectivity index (χ4v) is 4.17. The smallest absolute Gasteiger partial charge is 0.193 e. The third kappa shape index (κ3) is 4.78. The molecule has 2 heterocycles. The van der Waals surface area contributed by atoms with E-state index in [-0.39, 0.29) is 4.75 Å². The number of hydrogen-bond acceptors (Lipinski definition) is 3. The topological polar surface area (TPSA) is 45.5 Å². The average Bonchev–Trinajstić information content (AvgIpc) is 3.07. The number of benzene rings is 1. The van der Waals surface area contributed by atoms with Crippen LogP contribution in [-0.2, 0) is 6.42 Å². The van der Waals surface area contributed by atoms with Crippen molar-refractivity contribution in [2.24, 2.45) is 4.99 Å². The van der Waals surface area contributed by atoms with Crippen LogP contribution in [0.1, 0.15) is 19.4 Å². The van der Waals surface area contributed by atoms with Crippen LogP contribution in [0.3, 0.4) is 0 Å². The number of aromatic nitrogens is 2. The molecule has 1 fully saturated rings. The van der Waals surface area contributed by atoms with Crippen LogP contribution >= 0.6 is 11.8 Å². The Morgan fingerprint density at radius 3 is 2.84 bits per heavy atom. The molecule has 1 saturated heterocycles. The molecule has 0 amide bonds. The summed E-state index contributed by atoms with van der Waals surface area (Å²) in [7, 11) is 1.87. The Morgan fingerprint density at radius 1 is 1.32 bits per heavy atom. The van der Waals surface area contributed by atoms with Crippen molar-refractivity contribution >= 4 is 17.7 Å². The molecule has 0 bridgehead atoms. The van der Waals surface area contributed by atoms with Crippen LogP contribution in [0.15, 0.2) is 47.7 Å². The van der Waals surface area contributed by atoms with Gasteiger partial charge in [-0.1, -0.05) is 18.2 Å². The van der Waals surface area contributed by atoms with Crippen molar-refractivity contribution < 1.29 is 0 Å². The molecule has 1 aliphatic rings. The number of para-hydroxylation sites is 1. The molecule has 25 heavy (non-hydrogen) atoms. The number of nitrogens with one attached hydrogen (secondary N) is 1. The van der Waals surface area contributed by atoms with Crippen LogP contribution < -0.4 is 5.32 Å². The summed E-state index contributed by atoms with van der Waals surface area (Å²) < 4.78 is 2.21. The van der Waals surface area contributed by atoms with Crippen molar-refractivity contribution in [3.05, 3.63) is 48.3 Å². The van der Waals surface area contributed by atoms with Gasteiger partial charge in [0.25, 0.3) is 0 Å². The fourth-order valence-electron chi connectivity index (χ4n) is 3.06. The summed E-state index contributed by atoms with van der Waals surface area (Å²) >= 11 is 2.04. The minimum Gasteiger partial charge on any atom is -0.356 e. The van der Waals surface area contributed by atoms with Crippen LogP contribution in [0.2, 0.25) is 0 Å². The lowest BCUT2D eigenvalue weighted by Crippen LogP contribution is -2.51. The summed E-state index contributed by atoms with van der Waals surface area (Å²) in [5.41, 5.74) is 2.31. The normalized spacial score (nSPS) is 17.6. The Bertz CT molecular complexity index is 708. The predicted molar refractivity (Wildman–Crippen MR) is 107 cm³/mol. The van der Waals surface area contributed by atoms with E-state index in [4.69, 9.17) is 0 Å². The van der Waals surface area contributed by atoms with Gasteiger partial charge >= 0.3 is 0 Å². The standard InChI is InChI=1S/C19H27N5S/c1-19(2)15-23(11-12-25-19)18(20-3)21-10-9-16-13-22-24(14-16)17-7-5-4-6-8-17/h4-8,13-14H,9-12,15H2,1-3H3,(H,20,21). The SMILES string of the molecule is CN=C(NCCc1cnn(-c2ccccc2)c1)N1CCSC(C)(C)C1. The monoisotopic (exact) mass is 357 g/mol. The quantitative estimate of drug-likeness (QED) is 0.675. The van der Waals surface area contributed by atoms with Gasteiger partial charge in [-0.05, 0) is 38.0 Å². The first-order valence-electron chi connectivity index (χ1n) is 8.76. The maximum absolute atomic E-state index is 4.46. The maximum Gasteiger partial charge on any atom is 0.193 e. The van der Waals surface area contributed by atoms with Gasteiger partial charge in [0.1, 0.15) is 0 Å². The van der Waals surface area contributed by atoms with E-state index in [0.717, 1.165) is 43.5 Å². The molecule has 2 aromatic rings. The van der Waals surface area contributed by atoms with E-state index in [1.54, 1.807) is 0 Å². The van der Waals surface area contributed by atoms with Crippen molar-refractivity contribution in [2.45, 2.75) is 25.0 Å². The molecule has 1 aromatic heterocycles. The van der Waals surface area contributed by atoms with Crippen LogP contribution in [0.4, 0.5) is 0 Å². The highest BCUT2D eigenvalue weighted by Crippen LogP contribution is 2.29. The Kier molecular flexibility index (Phi) is 5.68. The minimum absolute atomic E-state index is 0.284. The molecule has 1 aromatic carbocycles. The molecule has 6 heteroatoms. The van der Waals surface area contributed by atoms with Crippen LogP contribution in [-0.4, -0.2) is 57.8 Å². The van der Waals surface area contributed by atoms with E-state index in [9.17, 15) is 0 Å². The van der Waals surface area contributed by atoms with Gasteiger partial charge in [0, 0.05) is 43.4 Å². The Balaban J connectivity index is 1.53. The molecule has 1 aliphatic heterocycles. The summed E-state index contributed by atoms with van der Waals surface area (Å²) in [5, 5.41) is 7.96. The highest BCUT2D eigenvalue weighted by molar-refractivity contribution is 8.00. The molecule has 0 radical (unpaired) electrons. The zero-order valence-corrected chi connectivity index (χ0v) is 16.1. The third-order valence-corrected chi connectivity index (χ3v) is 5.59. The van der Waals surface area contributed by atoms with Gasteiger partial charge in [-0.3, -0.25) is 4.99 Å². The largest absolute Gasteiger partial charge is 0.356 e. The van der Waals surface area contributed by atoms with E-state index in [1.165, 1.54) is 5.56 Å². The summed E-state index contributed by atoms with van der Waals surface area (Å²) in [4.78, 5) is 6.83. The maximum atomic E-state index is 4.46. The second kappa shape index (κ2) is 7.95. The number of hydrogen-bond donors (Lipinski definition) is 1. The Hall–Kier alpha value is -1.95. The molecule has 3 rings (SSSR count). The zero-order chi connectivity index (χ0) is 17.7. The average molecular weight is 358 g/mol.